The molecular formula is C43H36IrN4-4. The van der Waals surface area contributed by atoms with Crippen molar-refractivity contribution in [2.75, 3.05) is 33.7 Å². The summed E-state index contributed by atoms with van der Waals surface area (Å²) in [4.78, 5) is 8.64. The third-order valence-corrected chi connectivity index (χ3v) is 8.49. The number of benzene rings is 6. The summed E-state index contributed by atoms with van der Waals surface area (Å²) in [7, 11) is 4.14. The smallest absolute Gasteiger partial charge is 0.0326 e. The molecule has 48 heavy (non-hydrogen) atoms. The second-order valence-electron chi connectivity index (χ2n) is 11.7. The number of fused-ring (bicyclic) bond motifs is 2. The van der Waals surface area contributed by atoms with Crippen LogP contribution in [0.4, 0.5) is 34.1 Å². The summed E-state index contributed by atoms with van der Waals surface area (Å²) in [5.41, 5.74) is 13.0. The molecule has 6 aromatic rings. The predicted octanol–water partition coefficient (Wildman–Crippen LogP) is 10.4. The number of hydrogen-bond donors (Lipinski definition) is 0. The van der Waals surface area contributed by atoms with Gasteiger partial charge in [-0.2, -0.15) is 49.7 Å². The quantitative estimate of drug-likeness (QED) is 0.123. The van der Waals surface area contributed by atoms with E-state index in [9.17, 15) is 0 Å². The Morgan fingerprint density at radius 3 is 1.46 bits per heavy atom. The average Bonchev–Trinajstić information content (AvgIpc) is 3.66. The van der Waals surface area contributed by atoms with Gasteiger partial charge in [0.2, 0.25) is 0 Å². The van der Waals surface area contributed by atoms with Crippen LogP contribution in [0.5, 0.6) is 0 Å². The van der Waals surface area contributed by atoms with Gasteiger partial charge in [0.15, 0.2) is 0 Å². The molecule has 0 N–H and O–H groups in total. The standard InChI is InChI=1S/C23H20N2.C20H16N2.Ir/c1-3-7-18-12-14-19(15-13-18)20-8-6-9-21(16-20)25-17-24(2)22-10-4-5-11-23(22)25;1-21-15-22(20-13-6-5-12-19(20)21)18-11-7-10-17(14-18)16-8-3-2-4-9-16;/h3-6,8,10-17H,1,7H2,2H3;2-10,12-15H,1H3;/q2*-2;. The van der Waals surface area contributed by atoms with Crippen molar-refractivity contribution in [3.05, 3.63) is 183 Å². The van der Waals surface area contributed by atoms with Crippen LogP contribution in [0.15, 0.2) is 152 Å². The van der Waals surface area contributed by atoms with Crippen LogP contribution in [0.3, 0.4) is 0 Å². The molecule has 0 bridgehead atoms. The molecule has 0 spiro atoms. The van der Waals surface area contributed by atoms with Crippen molar-refractivity contribution in [3.8, 4) is 22.3 Å². The van der Waals surface area contributed by atoms with Gasteiger partial charge < -0.3 is 19.6 Å². The molecule has 0 aromatic heterocycles. The van der Waals surface area contributed by atoms with Gasteiger partial charge in [-0.25, -0.2) is 0 Å². The monoisotopic (exact) mass is 801 g/mol. The molecule has 4 nitrogen and oxygen atoms in total. The van der Waals surface area contributed by atoms with Crippen LogP contribution in [0.1, 0.15) is 5.56 Å². The molecule has 2 heterocycles. The second-order valence-corrected chi connectivity index (χ2v) is 11.7. The maximum Gasteiger partial charge on any atom is 0.0326 e. The third-order valence-electron chi connectivity index (χ3n) is 8.49. The van der Waals surface area contributed by atoms with E-state index in [2.05, 4.69) is 187 Å². The van der Waals surface area contributed by atoms with Gasteiger partial charge in [-0.05, 0) is 61.5 Å². The molecular weight excluding hydrogens is 765 g/mol. The summed E-state index contributed by atoms with van der Waals surface area (Å²) in [6.07, 6.45) is 2.84. The van der Waals surface area contributed by atoms with Crippen LogP contribution in [0.25, 0.3) is 22.3 Å². The zero-order valence-corrected chi connectivity index (χ0v) is 29.4. The predicted molar refractivity (Wildman–Crippen MR) is 198 cm³/mol. The van der Waals surface area contributed by atoms with Crippen molar-refractivity contribution in [3.63, 3.8) is 0 Å². The van der Waals surface area contributed by atoms with Crippen molar-refractivity contribution < 1.29 is 20.1 Å². The van der Waals surface area contributed by atoms with Crippen molar-refractivity contribution in [1.29, 1.82) is 0 Å². The summed E-state index contributed by atoms with van der Waals surface area (Å²) in [6, 6.07) is 55.2. The fourth-order valence-corrected chi connectivity index (χ4v) is 6.09. The first kappa shape index (κ1) is 32.8. The zero-order valence-electron chi connectivity index (χ0n) is 27.0. The summed E-state index contributed by atoms with van der Waals surface area (Å²) in [5.74, 6) is 0. The van der Waals surface area contributed by atoms with E-state index in [1.807, 2.05) is 24.3 Å². The minimum atomic E-state index is 0. The molecule has 0 aliphatic carbocycles. The Hall–Kier alpha value is -5.09. The second kappa shape index (κ2) is 14.8. The molecule has 8 rings (SSSR count). The van der Waals surface area contributed by atoms with E-state index in [0.29, 0.717) is 0 Å². The number of anilines is 6. The van der Waals surface area contributed by atoms with E-state index in [-0.39, 0.29) is 20.1 Å². The molecule has 2 aliphatic heterocycles. The molecule has 1 radical (unpaired) electrons. The molecule has 0 unspecified atom stereocenters. The number of allylic oxidation sites excluding steroid dienone is 1. The maximum absolute atomic E-state index is 3.80. The van der Waals surface area contributed by atoms with Crippen molar-refractivity contribution in [2.24, 2.45) is 0 Å². The molecule has 0 fully saturated rings. The van der Waals surface area contributed by atoms with Crippen LogP contribution in [0, 0.1) is 25.5 Å². The van der Waals surface area contributed by atoms with Gasteiger partial charge in [0.05, 0.1) is 0 Å². The molecule has 6 aromatic carbocycles. The largest absolute Gasteiger partial charge is 0.504 e. The SMILES string of the molecule is C=CCc1ccc(-c2cc[c-]c(N3[CH-]N(C)c4ccccc43)c2)cc1.CN1[CH-]N(c2[c-]ccc(-c3ccccc3)c2)c2ccccc21.[Ir]. The van der Waals surface area contributed by atoms with Gasteiger partial charge in [0.1, 0.15) is 0 Å². The van der Waals surface area contributed by atoms with Gasteiger partial charge in [0, 0.05) is 42.9 Å². The Bertz CT molecular complexity index is 1990. The fourth-order valence-electron chi connectivity index (χ4n) is 6.09. The summed E-state index contributed by atoms with van der Waals surface area (Å²) < 4.78 is 0. The molecule has 5 heteroatoms. The van der Waals surface area contributed by atoms with E-state index >= 15 is 0 Å². The van der Waals surface area contributed by atoms with Gasteiger partial charge in [-0.15, -0.1) is 41.2 Å². The van der Waals surface area contributed by atoms with E-state index in [4.69, 9.17) is 0 Å². The van der Waals surface area contributed by atoms with Gasteiger partial charge in [-0.3, -0.25) is 0 Å². The number of rotatable bonds is 6. The van der Waals surface area contributed by atoms with E-state index in [1.165, 1.54) is 50.6 Å². The number of para-hydroxylation sites is 4. The van der Waals surface area contributed by atoms with Gasteiger partial charge in [-0.1, -0.05) is 84.9 Å². The van der Waals surface area contributed by atoms with Gasteiger partial charge in [0.25, 0.3) is 0 Å². The van der Waals surface area contributed by atoms with Crippen LogP contribution in [-0.4, -0.2) is 14.1 Å². The Labute approximate surface area is 298 Å². The van der Waals surface area contributed by atoms with Gasteiger partial charge >= 0.3 is 0 Å². The number of nitrogens with zero attached hydrogens (tertiary/aromatic N) is 4. The Kier molecular flexibility index (Phi) is 10.1. The zero-order chi connectivity index (χ0) is 32.2. The van der Waals surface area contributed by atoms with Crippen molar-refractivity contribution >= 4 is 34.1 Å². The molecule has 0 amide bonds. The van der Waals surface area contributed by atoms with E-state index < -0.39 is 0 Å². The molecule has 0 atom stereocenters. The summed E-state index contributed by atoms with van der Waals surface area (Å²) >= 11 is 0. The maximum atomic E-state index is 3.80. The fraction of sp³-hybridized carbons (Fsp3) is 0.0698. The molecule has 241 valence electrons. The van der Waals surface area contributed by atoms with Crippen LogP contribution in [-0.2, 0) is 26.5 Å². The Morgan fingerprint density at radius 2 is 0.979 bits per heavy atom. The van der Waals surface area contributed by atoms with Crippen LogP contribution >= 0.6 is 0 Å². The van der Waals surface area contributed by atoms with Crippen molar-refractivity contribution in [2.45, 2.75) is 6.42 Å². The minimum Gasteiger partial charge on any atom is -0.504 e. The molecule has 2 aliphatic rings. The number of hydrogen-bond acceptors (Lipinski definition) is 4. The summed E-state index contributed by atoms with van der Waals surface area (Å²) in [5, 5.41) is 0. The Morgan fingerprint density at radius 1 is 0.542 bits per heavy atom. The first-order valence-electron chi connectivity index (χ1n) is 15.8. The first-order chi connectivity index (χ1) is 23.1. The molecule has 0 saturated heterocycles. The average molecular weight is 801 g/mol. The molecule has 0 saturated carbocycles. The van der Waals surface area contributed by atoms with Crippen molar-refractivity contribution in [1.82, 2.24) is 0 Å². The normalized spacial score (nSPS) is 12.9. The van der Waals surface area contributed by atoms with E-state index in [1.54, 1.807) is 0 Å². The third kappa shape index (κ3) is 6.80. The summed E-state index contributed by atoms with van der Waals surface area (Å²) in [6.45, 7) is 8.01. The van der Waals surface area contributed by atoms with E-state index in [0.717, 1.165) is 17.8 Å². The topological polar surface area (TPSA) is 13.0 Å². The van der Waals surface area contributed by atoms with Crippen LogP contribution < -0.4 is 19.6 Å². The minimum absolute atomic E-state index is 0. The Balaban J connectivity index is 0.000000165. The first-order valence-corrected chi connectivity index (χ1v) is 15.8. The van der Waals surface area contributed by atoms with Crippen LogP contribution in [0.2, 0.25) is 0 Å².